The molecule has 2 atom stereocenters. The summed E-state index contributed by atoms with van der Waals surface area (Å²) in [4.78, 5) is 22.1. The second kappa shape index (κ2) is 7.06. The van der Waals surface area contributed by atoms with Crippen molar-refractivity contribution in [1.29, 1.82) is 0 Å². The summed E-state index contributed by atoms with van der Waals surface area (Å²) < 4.78 is 17.9. The molecule has 0 aliphatic carbocycles. The van der Waals surface area contributed by atoms with E-state index in [1.54, 1.807) is 6.92 Å². The first-order valence-corrected chi connectivity index (χ1v) is 5.87. The summed E-state index contributed by atoms with van der Waals surface area (Å²) in [6.45, 7) is 1.67. The van der Waals surface area contributed by atoms with Crippen LogP contribution >= 0.6 is 11.6 Å². The highest BCUT2D eigenvalue weighted by atomic mass is 35.5. The predicted octanol–water partition coefficient (Wildman–Crippen LogP) is 1.19. The maximum Gasteiger partial charge on any atom is 0.331 e. The van der Waals surface area contributed by atoms with E-state index in [-0.39, 0.29) is 23.6 Å². The van der Waals surface area contributed by atoms with Crippen LogP contribution in [0.15, 0.2) is 18.2 Å². The summed E-state index contributed by atoms with van der Waals surface area (Å²) >= 11 is 5.66. The van der Waals surface area contributed by atoms with Gasteiger partial charge in [0.05, 0.1) is 6.61 Å². The Labute approximate surface area is 114 Å². The van der Waals surface area contributed by atoms with Crippen molar-refractivity contribution >= 4 is 24.0 Å². The number of hydrogen-bond donors (Lipinski definition) is 2. The average molecular weight is 290 g/mol. The van der Waals surface area contributed by atoms with Crippen molar-refractivity contribution in [3.05, 3.63) is 34.6 Å². The van der Waals surface area contributed by atoms with E-state index in [1.807, 2.05) is 0 Å². The van der Waals surface area contributed by atoms with Crippen LogP contribution in [-0.2, 0) is 14.3 Å². The van der Waals surface area contributed by atoms with E-state index in [2.05, 4.69) is 5.32 Å². The number of halogens is 2. The van der Waals surface area contributed by atoms with Gasteiger partial charge in [-0.1, -0.05) is 11.6 Å². The number of aliphatic hydroxyl groups is 1. The van der Waals surface area contributed by atoms with E-state index in [9.17, 15) is 19.1 Å². The number of rotatable bonds is 6. The Hall–Kier alpha value is -1.66. The first-order chi connectivity index (χ1) is 8.99. The SMILES string of the molecule is CCOC(=O)C(NC=O)C(O)c1cc(F)cc(Cl)c1. The van der Waals surface area contributed by atoms with Gasteiger partial charge in [-0.25, -0.2) is 9.18 Å². The third kappa shape index (κ3) is 4.18. The van der Waals surface area contributed by atoms with Crippen molar-refractivity contribution in [1.82, 2.24) is 5.32 Å². The monoisotopic (exact) mass is 289 g/mol. The van der Waals surface area contributed by atoms with Crippen molar-refractivity contribution in [3.8, 4) is 0 Å². The standard InChI is InChI=1S/C12H13ClFNO4/c1-2-19-12(18)10(15-6-16)11(17)7-3-8(13)5-9(14)4-7/h3-6,10-11,17H,2H2,1H3,(H,15,16). The maximum absolute atomic E-state index is 13.2. The van der Waals surface area contributed by atoms with Crippen LogP contribution in [0.5, 0.6) is 0 Å². The number of carbonyl (C=O) groups excluding carboxylic acids is 2. The highest BCUT2D eigenvalue weighted by Gasteiger charge is 2.29. The van der Waals surface area contributed by atoms with Crippen molar-refractivity contribution in [3.63, 3.8) is 0 Å². The van der Waals surface area contributed by atoms with Crippen molar-refractivity contribution in [2.75, 3.05) is 6.61 Å². The molecule has 0 spiro atoms. The molecule has 0 heterocycles. The molecule has 7 heteroatoms. The Balaban J connectivity index is 3.00. The molecule has 104 valence electrons. The summed E-state index contributed by atoms with van der Waals surface area (Å²) in [5, 5.41) is 12.2. The number of benzene rings is 1. The minimum Gasteiger partial charge on any atom is -0.464 e. The fourth-order valence-corrected chi connectivity index (χ4v) is 1.76. The molecular weight excluding hydrogens is 277 g/mol. The van der Waals surface area contributed by atoms with Gasteiger partial charge in [0.15, 0.2) is 6.04 Å². The molecule has 0 radical (unpaired) electrons. The number of esters is 1. The van der Waals surface area contributed by atoms with Gasteiger partial charge in [0.25, 0.3) is 0 Å². The second-order valence-corrected chi connectivity index (χ2v) is 4.10. The molecule has 1 aromatic carbocycles. The Bertz CT molecular complexity index is 449. The quantitative estimate of drug-likeness (QED) is 0.609. The maximum atomic E-state index is 13.2. The van der Waals surface area contributed by atoms with Crippen LogP contribution in [0.1, 0.15) is 18.6 Å². The molecule has 0 fully saturated rings. The molecule has 0 aliphatic rings. The minimum absolute atomic E-state index is 0.0670. The van der Waals surface area contributed by atoms with Gasteiger partial charge in [0, 0.05) is 5.02 Å². The Morgan fingerprint density at radius 2 is 2.26 bits per heavy atom. The first-order valence-electron chi connectivity index (χ1n) is 5.50. The van der Waals surface area contributed by atoms with Gasteiger partial charge in [-0.05, 0) is 30.7 Å². The summed E-state index contributed by atoms with van der Waals surface area (Å²) in [6.07, 6.45) is -1.21. The van der Waals surface area contributed by atoms with Gasteiger partial charge in [-0.15, -0.1) is 0 Å². The highest BCUT2D eigenvalue weighted by Crippen LogP contribution is 2.22. The van der Waals surface area contributed by atoms with Crippen LogP contribution in [-0.4, -0.2) is 30.1 Å². The summed E-state index contributed by atoms with van der Waals surface area (Å²) in [5.41, 5.74) is 0.0670. The van der Waals surface area contributed by atoms with Crippen LogP contribution in [0.25, 0.3) is 0 Å². The van der Waals surface area contributed by atoms with Crippen LogP contribution in [0.4, 0.5) is 4.39 Å². The number of nitrogens with one attached hydrogen (secondary N) is 1. The van der Waals surface area contributed by atoms with Crippen molar-refractivity contribution in [2.24, 2.45) is 0 Å². The molecule has 0 saturated heterocycles. The van der Waals surface area contributed by atoms with E-state index < -0.39 is 23.9 Å². The predicted molar refractivity (Wildman–Crippen MR) is 66.0 cm³/mol. The van der Waals surface area contributed by atoms with Crippen molar-refractivity contribution < 1.29 is 23.8 Å². The van der Waals surface area contributed by atoms with Gasteiger partial charge < -0.3 is 15.2 Å². The molecule has 5 nitrogen and oxygen atoms in total. The summed E-state index contributed by atoms with van der Waals surface area (Å²) in [5.74, 6) is -1.47. The lowest BCUT2D eigenvalue weighted by Gasteiger charge is -2.21. The molecule has 19 heavy (non-hydrogen) atoms. The molecule has 0 aliphatic heterocycles. The van der Waals surface area contributed by atoms with Gasteiger partial charge >= 0.3 is 5.97 Å². The van der Waals surface area contributed by atoms with Crippen LogP contribution in [0.3, 0.4) is 0 Å². The zero-order chi connectivity index (χ0) is 14.4. The van der Waals surface area contributed by atoms with E-state index in [1.165, 1.54) is 6.07 Å². The molecular formula is C12H13ClFNO4. The first kappa shape index (κ1) is 15.4. The molecule has 2 N–H and O–H groups in total. The molecule has 1 rings (SSSR count). The third-order valence-corrected chi connectivity index (χ3v) is 2.55. The van der Waals surface area contributed by atoms with Crippen molar-refractivity contribution in [2.45, 2.75) is 19.1 Å². The lowest BCUT2D eigenvalue weighted by atomic mass is 10.0. The van der Waals surface area contributed by atoms with Gasteiger partial charge in [0.2, 0.25) is 6.41 Å². The number of ether oxygens (including phenoxy) is 1. The third-order valence-electron chi connectivity index (χ3n) is 2.33. The lowest BCUT2D eigenvalue weighted by molar-refractivity contribution is -0.149. The van der Waals surface area contributed by atoms with Crippen LogP contribution in [0.2, 0.25) is 5.02 Å². The van der Waals surface area contributed by atoms with E-state index >= 15 is 0 Å². The number of carbonyl (C=O) groups is 2. The van der Waals surface area contributed by atoms with E-state index in [4.69, 9.17) is 16.3 Å². The van der Waals surface area contributed by atoms with E-state index in [0.29, 0.717) is 0 Å². The zero-order valence-corrected chi connectivity index (χ0v) is 10.9. The lowest BCUT2D eigenvalue weighted by Crippen LogP contribution is -2.42. The fourth-order valence-electron chi connectivity index (χ4n) is 1.53. The molecule has 0 aromatic heterocycles. The topological polar surface area (TPSA) is 75.6 Å². The minimum atomic E-state index is -1.46. The molecule has 1 amide bonds. The summed E-state index contributed by atoms with van der Waals surface area (Å²) in [7, 11) is 0. The smallest absolute Gasteiger partial charge is 0.331 e. The molecule has 2 unspecified atom stereocenters. The van der Waals surface area contributed by atoms with Crippen LogP contribution < -0.4 is 5.32 Å². The molecule has 0 saturated carbocycles. The second-order valence-electron chi connectivity index (χ2n) is 3.66. The number of hydrogen-bond acceptors (Lipinski definition) is 4. The Morgan fingerprint density at radius 1 is 1.58 bits per heavy atom. The normalized spacial score (nSPS) is 13.5. The van der Waals surface area contributed by atoms with Gasteiger partial charge in [-0.2, -0.15) is 0 Å². The highest BCUT2D eigenvalue weighted by molar-refractivity contribution is 6.30. The Morgan fingerprint density at radius 3 is 2.79 bits per heavy atom. The van der Waals surface area contributed by atoms with Gasteiger partial charge in [0.1, 0.15) is 11.9 Å². The number of amides is 1. The number of aliphatic hydroxyl groups excluding tert-OH is 1. The van der Waals surface area contributed by atoms with Gasteiger partial charge in [-0.3, -0.25) is 4.79 Å². The Kier molecular flexibility index (Phi) is 5.72. The van der Waals surface area contributed by atoms with E-state index in [0.717, 1.165) is 12.1 Å². The molecule has 1 aromatic rings. The average Bonchev–Trinajstić information content (AvgIpc) is 2.34. The largest absolute Gasteiger partial charge is 0.464 e. The van der Waals surface area contributed by atoms with Crippen LogP contribution in [0, 0.1) is 5.82 Å². The fraction of sp³-hybridized carbons (Fsp3) is 0.333. The molecule has 0 bridgehead atoms. The zero-order valence-electron chi connectivity index (χ0n) is 10.1. The summed E-state index contributed by atoms with van der Waals surface area (Å²) in [6, 6.07) is 2.06.